The summed E-state index contributed by atoms with van der Waals surface area (Å²) in [6.07, 6.45) is 15.8. The fourth-order valence-electron chi connectivity index (χ4n) is 2.21. The predicted octanol–water partition coefficient (Wildman–Crippen LogP) is 3.43. The van der Waals surface area contributed by atoms with Crippen molar-refractivity contribution in [3.8, 4) is 0 Å². The lowest BCUT2D eigenvalue weighted by Crippen LogP contribution is -2.33. The summed E-state index contributed by atoms with van der Waals surface area (Å²) in [6, 6.07) is 4.05. The van der Waals surface area contributed by atoms with E-state index in [0.717, 1.165) is 28.7 Å². The van der Waals surface area contributed by atoms with Crippen LogP contribution in [-0.2, 0) is 6.54 Å². The van der Waals surface area contributed by atoms with Gasteiger partial charge in [-0.2, -0.15) is 4.57 Å². The predicted molar refractivity (Wildman–Crippen MR) is 81.9 cm³/mol. The van der Waals surface area contributed by atoms with E-state index in [1.54, 1.807) is 6.20 Å². The third-order valence-corrected chi connectivity index (χ3v) is 3.68. The Morgan fingerprint density at radius 2 is 2.15 bits per heavy atom. The number of aryl methyl sites for hydroxylation is 1. The van der Waals surface area contributed by atoms with Crippen molar-refractivity contribution in [1.82, 2.24) is 9.55 Å². The molecule has 4 heteroatoms. The van der Waals surface area contributed by atoms with Gasteiger partial charge < -0.3 is 4.57 Å². The van der Waals surface area contributed by atoms with Crippen molar-refractivity contribution in [2.45, 2.75) is 13.5 Å². The fourth-order valence-corrected chi connectivity index (χ4v) is 2.56. The minimum Gasteiger partial charge on any atom is -0.306 e. The smallest absolute Gasteiger partial charge is 0.282 e. The number of nitrogens with zero attached hydrogens (tertiary/aromatic N) is 3. The largest absolute Gasteiger partial charge is 0.306 e. The summed E-state index contributed by atoms with van der Waals surface area (Å²) >= 11 is 6.48. The first kappa shape index (κ1) is 12.9. The van der Waals surface area contributed by atoms with Gasteiger partial charge in [0.2, 0.25) is 0 Å². The summed E-state index contributed by atoms with van der Waals surface area (Å²) in [4.78, 5) is 4.30. The molecule has 1 aliphatic rings. The molecule has 3 rings (SSSR count). The number of fused-ring (bicyclic) bond motifs is 1. The average Bonchev–Trinajstić information content (AvgIpc) is 2.86. The average molecular weight is 285 g/mol. The fraction of sp³-hybridized carbons (Fsp3) is 0.125. The Kier molecular flexibility index (Phi) is 3.52. The van der Waals surface area contributed by atoms with E-state index >= 15 is 0 Å². The van der Waals surface area contributed by atoms with Crippen LogP contribution in [0.4, 0.5) is 0 Å². The minimum atomic E-state index is 0.747. The van der Waals surface area contributed by atoms with Crippen LogP contribution in [0, 0.1) is 0 Å². The van der Waals surface area contributed by atoms with Crippen molar-refractivity contribution in [3.05, 3.63) is 65.5 Å². The third-order valence-electron chi connectivity index (χ3n) is 3.26. The van der Waals surface area contributed by atoms with E-state index in [-0.39, 0.29) is 0 Å². The van der Waals surface area contributed by atoms with Crippen LogP contribution in [0.2, 0.25) is 5.15 Å². The molecule has 2 aromatic heterocycles. The summed E-state index contributed by atoms with van der Waals surface area (Å²) in [6.45, 7) is 2.93. The second-order valence-corrected chi connectivity index (χ2v) is 4.85. The molecule has 0 spiro atoms. The van der Waals surface area contributed by atoms with Gasteiger partial charge in [0.15, 0.2) is 6.20 Å². The van der Waals surface area contributed by atoms with Gasteiger partial charge >= 0.3 is 0 Å². The van der Waals surface area contributed by atoms with E-state index in [9.17, 15) is 0 Å². The quantitative estimate of drug-likeness (QED) is 0.612. The normalized spacial score (nSPS) is 13.6. The SMILES string of the molecule is CC[n+]1cccc(C2=Cn3ccnc3C=CC=C2)c1Cl. The van der Waals surface area contributed by atoms with Crippen molar-refractivity contribution in [1.29, 1.82) is 0 Å². The van der Waals surface area contributed by atoms with Crippen LogP contribution in [0.25, 0.3) is 17.8 Å². The van der Waals surface area contributed by atoms with Crippen molar-refractivity contribution in [3.63, 3.8) is 0 Å². The Morgan fingerprint density at radius 1 is 1.30 bits per heavy atom. The van der Waals surface area contributed by atoms with Crippen LogP contribution in [0.15, 0.2) is 49.0 Å². The summed E-state index contributed by atoms with van der Waals surface area (Å²) in [7, 11) is 0. The summed E-state index contributed by atoms with van der Waals surface area (Å²) in [5.41, 5.74) is 2.07. The molecule has 0 atom stereocenters. The molecule has 0 saturated carbocycles. The second kappa shape index (κ2) is 5.47. The van der Waals surface area contributed by atoms with Gasteiger partial charge in [-0.05, 0) is 30.7 Å². The van der Waals surface area contributed by atoms with Crippen LogP contribution < -0.4 is 4.57 Å². The number of rotatable bonds is 2. The molecule has 100 valence electrons. The summed E-state index contributed by atoms with van der Waals surface area (Å²) < 4.78 is 4.02. The number of hydrogen-bond acceptors (Lipinski definition) is 1. The third kappa shape index (κ3) is 2.32. The lowest BCUT2D eigenvalue weighted by Gasteiger charge is -2.07. The van der Waals surface area contributed by atoms with E-state index in [4.69, 9.17) is 11.6 Å². The highest BCUT2D eigenvalue weighted by Crippen LogP contribution is 2.24. The zero-order valence-electron chi connectivity index (χ0n) is 11.2. The molecule has 1 aliphatic heterocycles. The maximum atomic E-state index is 6.48. The Morgan fingerprint density at radius 3 is 3.00 bits per heavy atom. The van der Waals surface area contributed by atoms with Gasteiger partial charge in [0.05, 0.1) is 5.56 Å². The highest BCUT2D eigenvalue weighted by molar-refractivity contribution is 6.30. The van der Waals surface area contributed by atoms with Crippen LogP contribution >= 0.6 is 11.6 Å². The summed E-state index contributed by atoms with van der Waals surface area (Å²) in [5, 5.41) is 0.747. The molecule has 0 unspecified atom stereocenters. The molecular weight excluding hydrogens is 270 g/mol. The van der Waals surface area contributed by atoms with E-state index in [1.165, 1.54) is 0 Å². The molecule has 3 heterocycles. The van der Waals surface area contributed by atoms with E-state index in [2.05, 4.69) is 18.0 Å². The Balaban J connectivity index is 2.15. The lowest BCUT2D eigenvalue weighted by molar-refractivity contribution is -0.691. The van der Waals surface area contributed by atoms with E-state index in [0.29, 0.717) is 0 Å². The van der Waals surface area contributed by atoms with Crippen molar-refractivity contribution in [2.75, 3.05) is 0 Å². The zero-order valence-corrected chi connectivity index (χ0v) is 12.0. The van der Waals surface area contributed by atoms with Crippen molar-refractivity contribution >= 4 is 29.5 Å². The zero-order chi connectivity index (χ0) is 13.9. The number of halogens is 1. The number of aromatic nitrogens is 3. The first-order chi connectivity index (χ1) is 9.79. The molecule has 3 nitrogen and oxygen atoms in total. The maximum Gasteiger partial charge on any atom is 0.282 e. The molecule has 0 aromatic carbocycles. The van der Waals surface area contributed by atoms with Crippen molar-refractivity contribution < 1.29 is 4.57 Å². The monoisotopic (exact) mass is 284 g/mol. The number of imidazole rings is 1. The van der Waals surface area contributed by atoms with Crippen LogP contribution in [0.5, 0.6) is 0 Å². The Labute approximate surface area is 123 Å². The molecule has 0 amide bonds. The standard InChI is InChI=1S/C16H15ClN3/c1-2-19-10-5-7-14(16(19)17)13-6-3-4-8-15-18-9-11-20(15)12-13/h3-12H,2H2,1H3/q+1. The molecule has 20 heavy (non-hydrogen) atoms. The Bertz CT molecular complexity index is 723. The maximum absolute atomic E-state index is 6.48. The number of allylic oxidation sites excluding steroid dienone is 4. The molecular formula is C16H15ClN3+. The molecule has 0 fully saturated rings. The van der Waals surface area contributed by atoms with Gasteiger partial charge in [0.25, 0.3) is 5.15 Å². The molecule has 2 aromatic rings. The van der Waals surface area contributed by atoms with Gasteiger partial charge in [-0.25, -0.2) is 4.98 Å². The molecule has 0 N–H and O–H groups in total. The van der Waals surface area contributed by atoms with E-state index in [1.807, 2.05) is 58.1 Å². The van der Waals surface area contributed by atoms with E-state index < -0.39 is 0 Å². The topological polar surface area (TPSA) is 21.7 Å². The van der Waals surface area contributed by atoms with Gasteiger partial charge in [-0.3, -0.25) is 0 Å². The van der Waals surface area contributed by atoms with Gasteiger partial charge in [0.1, 0.15) is 12.4 Å². The Hall–Kier alpha value is -2.13. The van der Waals surface area contributed by atoms with Gasteiger partial charge in [-0.1, -0.05) is 18.2 Å². The van der Waals surface area contributed by atoms with Gasteiger partial charge in [0, 0.05) is 30.2 Å². The second-order valence-electron chi connectivity index (χ2n) is 4.49. The number of hydrogen-bond donors (Lipinski definition) is 0. The highest BCUT2D eigenvalue weighted by Gasteiger charge is 2.15. The van der Waals surface area contributed by atoms with Crippen molar-refractivity contribution in [2.24, 2.45) is 0 Å². The molecule has 0 bridgehead atoms. The van der Waals surface area contributed by atoms with Gasteiger partial charge in [-0.15, -0.1) is 0 Å². The molecule has 0 radical (unpaired) electrons. The highest BCUT2D eigenvalue weighted by atomic mass is 35.5. The first-order valence-corrected chi connectivity index (χ1v) is 6.95. The number of pyridine rings is 1. The molecule has 0 aliphatic carbocycles. The first-order valence-electron chi connectivity index (χ1n) is 6.57. The van der Waals surface area contributed by atoms with Crippen LogP contribution in [-0.4, -0.2) is 9.55 Å². The van der Waals surface area contributed by atoms with Crippen LogP contribution in [0.3, 0.4) is 0 Å². The summed E-state index contributed by atoms with van der Waals surface area (Å²) in [5.74, 6) is 0.905. The van der Waals surface area contributed by atoms with Crippen LogP contribution in [0.1, 0.15) is 18.3 Å². The molecule has 0 saturated heterocycles. The minimum absolute atomic E-state index is 0.747. The lowest BCUT2D eigenvalue weighted by atomic mass is 10.1.